The van der Waals surface area contributed by atoms with Gasteiger partial charge in [0.15, 0.2) is 0 Å². The molecule has 1 amide bonds. The molecular weight excluding hydrogens is 452 g/mol. The minimum absolute atomic E-state index is 0.0674. The lowest BCUT2D eigenvalue weighted by molar-refractivity contribution is -0.131. The summed E-state index contributed by atoms with van der Waals surface area (Å²) in [4.78, 5) is 27.6. The standard InChI is InChI=1S/C26H32N2O5S/c1-32-23-8-6-19(7-9-23)24-16-21(27-34-24)17-28(26(31)20-11-13-33-14-12-20)22-4-2-3-18(15-22)5-10-25(29)30/h2-5,10,15-16,19-20,23H,6-9,11-14,17H2,1H3,(H,29,30)/b10-5+. The van der Waals surface area contributed by atoms with E-state index in [1.165, 1.54) is 16.4 Å². The van der Waals surface area contributed by atoms with E-state index >= 15 is 0 Å². The predicted octanol–water partition coefficient (Wildman–Crippen LogP) is 4.87. The van der Waals surface area contributed by atoms with Crippen molar-refractivity contribution in [2.75, 3.05) is 25.2 Å². The molecule has 2 aliphatic rings. The van der Waals surface area contributed by atoms with Gasteiger partial charge in [-0.1, -0.05) is 12.1 Å². The second kappa shape index (κ2) is 11.7. The first kappa shape index (κ1) is 24.6. The zero-order valence-electron chi connectivity index (χ0n) is 19.5. The minimum Gasteiger partial charge on any atom is -0.478 e. The van der Waals surface area contributed by atoms with Crippen LogP contribution in [0.1, 0.15) is 60.6 Å². The summed E-state index contributed by atoms with van der Waals surface area (Å²) in [5.74, 6) is -0.524. The van der Waals surface area contributed by atoms with Crippen LogP contribution >= 0.6 is 11.5 Å². The summed E-state index contributed by atoms with van der Waals surface area (Å²) >= 11 is 1.54. The molecule has 1 saturated carbocycles. The average Bonchev–Trinajstić information content (AvgIpc) is 3.35. The van der Waals surface area contributed by atoms with Crippen LogP contribution in [-0.2, 0) is 25.6 Å². The molecule has 2 heterocycles. The van der Waals surface area contributed by atoms with E-state index in [0.717, 1.165) is 48.7 Å². The molecule has 2 fully saturated rings. The Kier molecular flexibility index (Phi) is 8.48. The summed E-state index contributed by atoms with van der Waals surface area (Å²) in [6.45, 7) is 1.58. The van der Waals surface area contributed by atoms with Crippen molar-refractivity contribution in [2.24, 2.45) is 5.92 Å². The van der Waals surface area contributed by atoms with E-state index in [1.807, 2.05) is 24.3 Å². The highest BCUT2D eigenvalue weighted by molar-refractivity contribution is 7.05. The first-order valence-electron chi connectivity index (χ1n) is 11.9. The summed E-state index contributed by atoms with van der Waals surface area (Å²) in [6.07, 6.45) is 8.76. The Morgan fingerprint density at radius 3 is 2.65 bits per heavy atom. The lowest BCUT2D eigenvalue weighted by atomic mass is 9.86. The molecule has 8 heteroatoms. The van der Waals surface area contributed by atoms with E-state index in [9.17, 15) is 9.59 Å². The summed E-state index contributed by atoms with van der Waals surface area (Å²) in [5, 5.41) is 8.97. The van der Waals surface area contributed by atoms with Gasteiger partial charge in [0.05, 0.1) is 18.3 Å². The van der Waals surface area contributed by atoms with Gasteiger partial charge in [-0.2, -0.15) is 4.37 Å². The molecule has 7 nitrogen and oxygen atoms in total. The van der Waals surface area contributed by atoms with E-state index in [1.54, 1.807) is 18.1 Å². The Balaban J connectivity index is 1.54. The molecule has 1 saturated heterocycles. The maximum atomic E-state index is 13.6. The van der Waals surface area contributed by atoms with Crippen LogP contribution in [0.4, 0.5) is 5.69 Å². The van der Waals surface area contributed by atoms with Crippen molar-refractivity contribution in [1.29, 1.82) is 0 Å². The number of rotatable bonds is 8. The molecule has 1 aromatic carbocycles. The summed E-state index contributed by atoms with van der Waals surface area (Å²) < 4.78 is 15.7. The van der Waals surface area contributed by atoms with Crippen molar-refractivity contribution in [3.05, 3.63) is 52.5 Å². The number of carbonyl (C=O) groups excluding carboxylic acids is 1. The molecule has 0 radical (unpaired) electrons. The van der Waals surface area contributed by atoms with Crippen LogP contribution < -0.4 is 4.90 Å². The van der Waals surface area contributed by atoms with E-state index in [2.05, 4.69) is 6.07 Å². The molecule has 182 valence electrons. The monoisotopic (exact) mass is 484 g/mol. The Hall–Kier alpha value is -2.55. The molecule has 1 aliphatic carbocycles. The predicted molar refractivity (Wildman–Crippen MR) is 132 cm³/mol. The largest absolute Gasteiger partial charge is 0.478 e. The fraction of sp³-hybridized carbons (Fsp3) is 0.500. The quantitative estimate of drug-likeness (QED) is 0.538. The number of carbonyl (C=O) groups is 2. The summed E-state index contributed by atoms with van der Waals surface area (Å²) in [6, 6.07) is 9.59. The second-order valence-corrected chi connectivity index (χ2v) is 9.84. The third kappa shape index (κ3) is 6.31. The highest BCUT2D eigenvalue weighted by Crippen LogP contribution is 2.36. The minimum atomic E-state index is -1.00. The topological polar surface area (TPSA) is 89.0 Å². The van der Waals surface area contributed by atoms with Gasteiger partial charge in [0.1, 0.15) is 0 Å². The number of hydrogen-bond donors (Lipinski definition) is 1. The maximum Gasteiger partial charge on any atom is 0.328 e. The number of benzene rings is 1. The van der Waals surface area contributed by atoms with Crippen LogP contribution in [0.15, 0.2) is 36.4 Å². The molecule has 0 spiro atoms. The van der Waals surface area contributed by atoms with Gasteiger partial charge in [-0.3, -0.25) is 4.79 Å². The highest BCUT2D eigenvalue weighted by Gasteiger charge is 2.29. The van der Waals surface area contributed by atoms with Gasteiger partial charge < -0.3 is 19.5 Å². The molecule has 34 heavy (non-hydrogen) atoms. The van der Waals surface area contributed by atoms with Gasteiger partial charge in [-0.15, -0.1) is 0 Å². The third-order valence-corrected chi connectivity index (χ3v) is 7.73. The zero-order valence-corrected chi connectivity index (χ0v) is 20.3. The van der Waals surface area contributed by atoms with Crippen molar-refractivity contribution in [3.63, 3.8) is 0 Å². The van der Waals surface area contributed by atoms with Gasteiger partial charge in [0.25, 0.3) is 0 Å². The Bertz CT molecular complexity index is 1010. The van der Waals surface area contributed by atoms with Gasteiger partial charge >= 0.3 is 5.97 Å². The molecule has 1 aliphatic heterocycles. The molecule has 4 rings (SSSR count). The van der Waals surface area contributed by atoms with E-state index in [-0.39, 0.29) is 11.8 Å². The third-order valence-electron chi connectivity index (χ3n) is 6.74. The van der Waals surface area contributed by atoms with Gasteiger partial charge in [-0.05, 0) is 85.8 Å². The number of anilines is 1. The number of carboxylic acids is 1. The Morgan fingerprint density at radius 2 is 1.94 bits per heavy atom. The summed E-state index contributed by atoms with van der Waals surface area (Å²) in [7, 11) is 1.78. The van der Waals surface area contributed by atoms with Crippen LogP contribution in [0.2, 0.25) is 0 Å². The van der Waals surface area contributed by atoms with E-state index in [0.29, 0.717) is 44.6 Å². The first-order chi connectivity index (χ1) is 16.5. The Labute approximate surface area is 204 Å². The fourth-order valence-corrected chi connectivity index (χ4v) is 5.67. The van der Waals surface area contributed by atoms with Crippen LogP contribution in [0.3, 0.4) is 0 Å². The van der Waals surface area contributed by atoms with Crippen molar-refractivity contribution in [3.8, 4) is 0 Å². The van der Waals surface area contributed by atoms with Crippen molar-refractivity contribution in [1.82, 2.24) is 4.37 Å². The molecule has 0 unspecified atom stereocenters. The normalized spacial score (nSPS) is 21.6. The van der Waals surface area contributed by atoms with Crippen LogP contribution in [0.5, 0.6) is 0 Å². The van der Waals surface area contributed by atoms with Gasteiger partial charge in [0.2, 0.25) is 5.91 Å². The molecule has 0 atom stereocenters. The maximum absolute atomic E-state index is 13.6. The van der Waals surface area contributed by atoms with Crippen molar-refractivity contribution >= 4 is 35.2 Å². The number of amides is 1. The zero-order chi connectivity index (χ0) is 23.9. The number of methoxy groups -OCH3 is 1. The first-order valence-corrected chi connectivity index (χ1v) is 12.7. The number of aromatic nitrogens is 1. The lowest BCUT2D eigenvalue weighted by Crippen LogP contribution is -2.38. The second-order valence-electron chi connectivity index (χ2n) is 9.01. The smallest absolute Gasteiger partial charge is 0.328 e. The molecule has 1 N–H and O–H groups in total. The van der Waals surface area contributed by atoms with Crippen molar-refractivity contribution < 1.29 is 24.2 Å². The number of ether oxygens (including phenoxy) is 2. The van der Waals surface area contributed by atoms with Gasteiger partial charge in [-0.25, -0.2) is 4.79 Å². The molecular formula is C26H32N2O5S. The molecule has 1 aromatic heterocycles. The molecule has 0 bridgehead atoms. The lowest BCUT2D eigenvalue weighted by Gasteiger charge is -2.29. The van der Waals surface area contributed by atoms with Gasteiger partial charge in [0, 0.05) is 42.9 Å². The van der Waals surface area contributed by atoms with E-state index in [4.69, 9.17) is 19.0 Å². The summed E-state index contributed by atoms with van der Waals surface area (Å²) in [5.41, 5.74) is 2.37. The highest BCUT2D eigenvalue weighted by atomic mass is 32.1. The number of hydrogen-bond acceptors (Lipinski definition) is 6. The number of aliphatic carboxylic acids is 1. The van der Waals surface area contributed by atoms with Crippen LogP contribution in [-0.4, -0.2) is 47.8 Å². The SMILES string of the molecule is COC1CCC(c2cc(CN(C(=O)C3CCOCC3)c3cccc(/C=C/C(=O)O)c3)ns2)CC1. The molecule has 2 aromatic rings. The van der Waals surface area contributed by atoms with E-state index < -0.39 is 5.97 Å². The number of carboxylic acid groups (broad SMARTS) is 1. The van der Waals surface area contributed by atoms with Crippen molar-refractivity contribution in [2.45, 2.75) is 57.1 Å². The van der Waals surface area contributed by atoms with Crippen LogP contribution in [0, 0.1) is 5.92 Å². The average molecular weight is 485 g/mol. The fourth-order valence-electron chi connectivity index (χ4n) is 4.77. The number of nitrogens with zero attached hydrogens (tertiary/aromatic N) is 2. The van der Waals surface area contributed by atoms with Crippen LogP contribution in [0.25, 0.3) is 6.08 Å². The Morgan fingerprint density at radius 1 is 1.18 bits per heavy atom.